The van der Waals surface area contributed by atoms with Crippen LogP contribution in [0.25, 0.3) is 32.8 Å². The van der Waals surface area contributed by atoms with Crippen molar-refractivity contribution in [3.63, 3.8) is 0 Å². The highest BCUT2D eigenvalue weighted by atomic mass is 35.5. The second-order valence-electron chi connectivity index (χ2n) is 9.53. The lowest BCUT2D eigenvalue weighted by Crippen LogP contribution is -2.43. The van der Waals surface area contributed by atoms with E-state index in [9.17, 15) is 9.59 Å². The standard InChI is InChI=1S/C31H26ClN3O2/c32-23-15-16-27-25(18-23)28(21-9-2-1-3-10-21)29(31(37)34-27)35-17-7-12-22(19-35)30(36)33-26-14-6-11-20-8-4-5-13-24(20)26/h1-6,8-11,13-16,18,22H,7,12,17,19H2,(H,33,36)(H,34,37)/t22-/m1/s1. The first-order valence-electron chi connectivity index (χ1n) is 12.5. The van der Waals surface area contributed by atoms with Gasteiger partial charge in [-0.3, -0.25) is 9.59 Å². The molecule has 2 heterocycles. The van der Waals surface area contributed by atoms with E-state index in [4.69, 9.17) is 11.6 Å². The molecule has 1 aliphatic rings. The van der Waals surface area contributed by atoms with Crippen molar-refractivity contribution >= 4 is 50.6 Å². The van der Waals surface area contributed by atoms with Crippen LogP contribution in [-0.4, -0.2) is 24.0 Å². The number of carbonyl (C=O) groups is 1. The van der Waals surface area contributed by atoms with Gasteiger partial charge in [0.05, 0.1) is 5.92 Å². The Morgan fingerprint density at radius 2 is 1.70 bits per heavy atom. The number of rotatable bonds is 4. The maximum absolute atomic E-state index is 13.5. The molecule has 1 amide bonds. The molecule has 0 unspecified atom stereocenters. The molecule has 37 heavy (non-hydrogen) atoms. The molecule has 184 valence electrons. The van der Waals surface area contributed by atoms with E-state index in [1.165, 1.54) is 0 Å². The number of H-pyrrole nitrogens is 1. The molecule has 0 radical (unpaired) electrons. The minimum atomic E-state index is -0.245. The zero-order valence-electron chi connectivity index (χ0n) is 20.2. The van der Waals surface area contributed by atoms with Crippen LogP contribution in [0.15, 0.2) is 95.8 Å². The number of amides is 1. The van der Waals surface area contributed by atoms with E-state index in [0.717, 1.165) is 51.3 Å². The Labute approximate surface area is 219 Å². The monoisotopic (exact) mass is 507 g/mol. The number of carbonyl (C=O) groups excluding carboxylic acids is 1. The van der Waals surface area contributed by atoms with Gasteiger partial charge in [0.25, 0.3) is 5.56 Å². The summed E-state index contributed by atoms with van der Waals surface area (Å²) in [7, 11) is 0. The highest BCUT2D eigenvalue weighted by Gasteiger charge is 2.30. The number of halogens is 1. The van der Waals surface area contributed by atoms with Gasteiger partial charge < -0.3 is 15.2 Å². The van der Waals surface area contributed by atoms with Gasteiger partial charge in [-0.2, -0.15) is 0 Å². The highest BCUT2D eigenvalue weighted by molar-refractivity contribution is 6.31. The van der Waals surface area contributed by atoms with E-state index in [1.807, 2.05) is 84.9 Å². The van der Waals surface area contributed by atoms with E-state index >= 15 is 0 Å². The summed E-state index contributed by atoms with van der Waals surface area (Å²) in [6.45, 7) is 1.17. The number of benzene rings is 4. The maximum atomic E-state index is 13.5. The van der Waals surface area contributed by atoms with Gasteiger partial charge in [0.15, 0.2) is 0 Å². The van der Waals surface area contributed by atoms with Crippen molar-refractivity contribution in [1.29, 1.82) is 0 Å². The minimum absolute atomic E-state index is 0.0254. The Bertz CT molecular complexity index is 1670. The van der Waals surface area contributed by atoms with Gasteiger partial charge in [0.2, 0.25) is 5.91 Å². The molecule has 6 rings (SSSR count). The van der Waals surface area contributed by atoms with Crippen LogP contribution in [0.2, 0.25) is 5.02 Å². The lowest BCUT2D eigenvalue weighted by atomic mass is 9.93. The lowest BCUT2D eigenvalue weighted by molar-refractivity contribution is -0.120. The summed E-state index contributed by atoms with van der Waals surface area (Å²) >= 11 is 6.38. The van der Waals surface area contributed by atoms with E-state index in [2.05, 4.69) is 15.2 Å². The molecule has 1 atom stereocenters. The summed E-state index contributed by atoms with van der Waals surface area (Å²) in [6, 6.07) is 29.4. The molecular formula is C31H26ClN3O2. The summed E-state index contributed by atoms with van der Waals surface area (Å²) in [6.07, 6.45) is 1.58. The highest BCUT2D eigenvalue weighted by Crippen LogP contribution is 2.37. The van der Waals surface area contributed by atoms with Crippen molar-refractivity contribution in [3.8, 4) is 11.1 Å². The predicted octanol–water partition coefficient (Wildman–Crippen LogP) is 6.86. The molecule has 5 nitrogen and oxygen atoms in total. The number of nitrogens with one attached hydrogen (secondary N) is 2. The zero-order valence-corrected chi connectivity index (χ0v) is 21.0. The number of anilines is 2. The normalized spacial score (nSPS) is 15.7. The maximum Gasteiger partial charge on any atom is 0.272 e. The molecule has 5 aromatic rings. The number of nitrogens with zero attached hydrogens (tertiary/aromatic N) is 1. The van der Waals surface area contributed by atoms with Crippen molar-refractivity contribution in [1.82, 2.24) is 4.98 Å². The molecule has 1 aliphatic heterocycles. The third-order valence-corrected chi connectivity index (χ3v) is 7.40. The van der Waals surface area contributed by atoms with E-state index in [0.29, 0.717) is 23.8 Å². The summed E-state index contributed by atoms with van der Waals surface area (Å²) in [5.41, 5.74) is 3.75. The number of pyridine rings is 1. The summed E-state index contributed by atoms with van der Waals surface area (Å²) in [4.78, 5) is 32.0. The zero-order chi connectivity index (χ0) is 25.4. The minimum Gasteiger partial charge on any atom is -0.366 e. The van der Waals surface area contributed by atoms with Crippen LogP contribution >= 0.6 is 11.6 Å². The quantitative estimate of drug-likeness (QED) is 0.279. The number of hydrogen-bond acceptors (Lipinski definition) is 3. The van der Waals surface area contributed by atoms with Gasteiger partial charge in [0.1, 0.15) is 5.69 Å². The number of aromatic amines is 1. The van der Waals surface area contributed by atoms with Gasteiger partial charge >= 0.3 is 0 Å². The number of fused-ring (bicyclic) bond motifs is 2. The van der Waals surface area contributed by atoms with Crippen LogP contribution < -0.4 is 15.8 Å². The fourth-order valence-electron chi connectivity index (χ4n) is 5.42. The van der Waals surface area contributed by atoms with Crippen LogP contribution in [-0.2, 0) is 4.79 Å². The molecule has 0 bridgehead atoms. The third-order valence-electron chi connectivity index (χ3n) is 7.17. The van der Waals surface area contributed by atoms with Gasteiger partial charge in [-0.1, -0.05) is 78.3 Å². The Kier molecular flexibility index (Phi) is 6.15. The molecule has 0 saturated carbocycles. The Morgan fingerprint density at radius 1 is 0.919 bits per heavy atom. The molecule has 0 spiro atoms. The average Bonchev–Trinajstić information content (AvgIpc) is 2.93. The molecule has 4 aromatic carbocycles. The lowest BCUT2D eigenvalue weighted by Gasteiger charge is -2.34. The predicted molar refractivity (Wildman–Crippen MR) is 153 cm³/mol. The average molecular weight is 508 g/mol. The Hall–Kier alpha value is -4.09. The van der Waals surface area contributed by atoms with Crippen molar-refractivity contribution in [3.05, 3.63) is 106 Å². The van der Waals surface area contributed by atoms with Crippen molar-refractivity contribution < 1.29 is 4.79 Å². The molecule has 6 heteroatoms. The summed E-state index contributed by atoms with van der Waals surface area (Å²) < 4.78 is 0. The van der Waals surface area contributed by atoms with Crippen molar-refractivity contribution in [2.75, 3.05) is 23.3 Å². The van der Waals surface area contributed by atoms with E-state index < -0.39 is 0 Å². The van der Waals surface area contributed by atoms with Crippen LogP contribution in [0.4, 0.5) is 11.4 Å². The van der Waals surface area contributed by atoms with E-state index in [-0.39, 0.29) is 17.4 Å². The Morgan fingerprint density at radius 3 is 2.57 bits per heavy atom. The first-order valence-corrected chi connectivity index (χ1v) is 12.9. The van der Waals surface area contributed by atoms with Gasteiger partial charge in [-0.15, -0.1) is 0 Å². The first kappa shape index (κ1) is 23.3. The largest absolute Gasteiger partial charge is 0.366 e. The summed E-state index contributed by atoms with van der Waals surface area (Å²) in [5.74, 6) is -0.270. The molecule has 2 N–H and O–H groups in total. The number of hydrogen-bond donors (Lipinski definition) is 2. The molecular weight excluding hydrogens is 482 g/mol. The molecule has 0 aliphatic carbocycles. The molecule has 1 aromatic heterocycles. The number of aromatic nitrogens is 1. The van der Waals surface area contributed by atoms with Gasteiger partial charge in [0, 0.05) is 45.7 Å². The summed E-state index contributed by atoms with van der Waals surface area (Å²) in [5, 5.41) is 6.74. The molecule has 1 saturated heterocycles. The van der Waals surface area contributed by atoms with Gasteiger partial charge in [-0.25, -0.2) is 0 Å². The fraction of sp³-hybridized carbons (Fsp3) is 0.161. The third kappa shape index (κ3) is 4.47. The van der Waals surface area contributed by atoms with E-state index in [1.54, 1.807) is 6.07 Å². The van der Waals surface area contributed by atoms with Crippen LogP contribution in [0.1, 0.15) is 12.8 Å². The van der Waals surface area contributed by atoms with Crippen molar-refractivity contribution in [2.24, 2.45) is 5.92 Å². The topological polar surface area (TPSA) is 65.2 Å². The first-order chi connectivity index (χ1) is 18.1. The SMILES string of the molecule is O=C(Nc1cccc2ccccc12)[C@@H]1CCCN(c2c(-c3ccccc3)c3cc(Cl)ccc3[nH]c2=O)C1. The van der Waals surface area contributed by atoms with Crippen LogP contribution in [0.3, 0.4) is 0 Å². The smallest absolute Gasteiger partial charge is 0.272 e. The van der Waals surface area contributed by atoms with Gasteiger partial charge in [-0.05, 0) is 48.1 Å². The molecule has 1 fully saturated rings. The Balaban J connectivity index is 1.37. The second kappa shape index (κ2) is 9.75. The second-order valence-corrected chi connectivity index (χ2v) is 9.97. The van der Waals surface area contributed by atoms with Crippen molar-refractivity contribution in [2.45, 2.75) is 12.8 Å². The number of piperidine rings is 1. The van der Waals surface area contributed by atoms with Crippen LogP contribution in [0, 0.1) is 5.92 Å². The fourth-order valence-corrected chi connectivity index (χ4v) is 5.59. The van der Waals surface area contributed by atoms with Crippen LogP contribution in [0.5, 0.6) is 0 Å².